The first-order valence-corrected chi connectivity index (χ1v) is 13.2. The minimum Gasteiger partial charge on any atom is -0.345 e. The minimum atomic E-state index is -0.168. The summed E-state index contributed by atoms with van der Waals surface area (Å²) in [6.45, 7) is 15.4. The highest BCUT2D eigenvalue weighted by Gasteiger charge is 2.41. The summed E-state index contributed by atoms with van der Waals surface area (Å²) in [7, 11) is 0. The number of pyridine rings is 1. The lowest BCUT2D eigenvalue weighted by Gasteiger charge is -2.42. The number of Topliss-reactive ketones (excluding diaryl/α,β-unsaturated/α-hetero) is 1. The summed E-state index contributed by atoms with van der Waals surface area (Å²) in [5.41, 5.74) is 2.76. The van der Waals surface area contributed by atoms with Crippen LogP contribution in [-0.2, 0) is 9.59 Å². The molecule has 9 heteroatoms. The topological polar surface area (TPSA) is 91.4 Å². The zero-order valence-corrected chi connectivity index (χ0v) is 22.1. The van der Waals surface area contributed by atoms with Gasteiger partial charge < -0.3 is 10.2 Å². The number of aryl methyl sites for hydroxylation is 2. The maximum atomic E-state index is 12.1. The molecule has 4 heterocycles. The molecule has 0 saturated carbocycles. The number of aromatic nitrogens is 1. The van der Waals surface area contributed by atoms with Gasteiger partial charge in [0.2, 0.25) is 6.41 Å². The number of carbonyl (C=O) groups excluding carboxylic acids is 3. The highest BCUT2D eigenvalue weighted by atomic mass is 32.2. The Morgan fingerprint density at radius 3 is 2.54 bits per heavy atom. The molecule has 0 aromatic carbocycles. The first-order valence-electron chi connectivity index (χ1n) is 11.6. The lowest BCUT2D eigenvalue weighted by Crippen LogP contribution is -2.44. The number of thioether (sulfide) groups is 1. The van der Waals surface area contributed by atoms with Crippen molar-refractivity contribution >= 4 is 56.5 Å². The molecule has 0 bridgehead atoms. The Kier molecular flexibility index (Phi) is 8.91. The molecule has 2 aromatic rings. The number of amides is 3. The van der Waals surface area contributed by atoms with Crippen LogP contribution in [0.3, 0.4) is 0 Å². The van der Waals surface area contributed by atoms with E-state index in [1.165, 1.54) is 11.3 Å². The molecule has 2 aliphatic rings. The molecule has 3 amide bonds. The van der Waals surface area contributed by atoms with Crippen LogP contribution in [-0.4, -0.2) is 52.5 Å². The number of hydrogen-bond acceptors (Lipinski definition) is 6. The molecule has 0 aliphatic carbocycles. The SMILES string of the molecule is C=CC1=C(C=C)C(=O)CC2(CCN(C=O)CC2)S1.CCNC(=O)Nc1sc2nc(C)ccc2c1C. The third-order valence-corrected chi connectivity index (χ3v) is 8.84. The molecule has 35 heavy (non-hydrogen) atoms. The van der Waals surface area contributed by atoms with E-state index in [0.717, 1.165) is 63.7 Å². The summed E-state index contributed by atoms with van der Waals surface area (Å²) in [4.78, 5) is 42.5. The van der Waals surface area contributed by atoms with Gasteiger partial charge in [-0.15, -0.1) is 11.8 Å². The van der Waals surface area contributed by atoms with Crippen molar-refractivity contribution in [3.8, 4) is 0 Å². The molecule has 1 fully saturated rings. The van der Waals surface area contributed by atoms with E-state index in [2.05, 4.69) is 28.8 Å². The van der Waals surface area contributed by atoms with Crippen LogP contribution in [0.4, 0.5) is 9.80 Å². The normalized spacial score (nSPS) is 17.0. The van der Waals surface area contributed by atoms with Crippen LogP contribution >= 0.6 is 23.1 Å². The van der Waals surface area contributed by atoms with E-state index in [0.29, 0.717) is 18.5 Å². The zero-order valence-electron chi connectivity index (χ0n) is 20.5. The highest BCUT2D eigenvalue weighted by molar-refractivity contribution is 8.04. The van der Waals surface area contributed by atoms with Crippen molar-refractivity contribution in [2.24, 2.45) is 0 Å². The minimum absolute atomic E-state index is 0.0490. The Morgan fingerprint density at radius 2 is 1.94 bits per heavy atom. The van der Waals surface area contributed by atoms with Crippen LogP contribution in [0.2, 0.25) is 0 Å². The number of rotatable bonds is 5. The maximum Gasteiger partial charge on any atom is 0.319 e. The molecule has 1 spiro atoms. The van der Waals surface area contributed by atoms with E-state index in [1.54, 1.807) is 28.8 Å². The van der Waals surface area contributed by atoms with Gasteiger partial charge in [-0.3, -0.25) is 14.9 Å². The molecule has 186 valence electrons. The van der Waals surface area contributed by atoms with E-state index in [-0.39, 0.29) is 16.6 Å². The molecule has 0 unspecified atom stereocenters. The molecule has 4 rings (SSSR count). The molecule has 2 N–H and O–H groups in total. The smallest absolute Gasteiger partial charge is 0.319 e. The Hall–Kier alpha value is -2.91. The predicted molar refractivity (Wildman–Crippen MR) is 146 cm³/mol. The van der Waals surface area contributed by atoms with Gasteiger partial charge in [-0.2, -0.15) is 0 Å². The second kappa shape index (κ2) is 11.7. The number of nitrogens with one attached hydrogen (secondary N) is 2. The lowest BCUT2D eigenvalue weighted by molar-refractivity contribution is -0.119. The Morgan fingerprint density at radius 1 is 1.23 bits per heavy atom. The number of carbonyl (C=O) groups is 3. The number of urea groups is 1. The van der Waals surface area contributed by atoms with Crippen molar-refractivity contribution in [1.29, 1.82) is 0 Å². The fourth-order valence-corrected chi connectivity index (χ4v) is 6.72. The summed E-state index contributed by atoms with van der Waals surface area (Å²) >= 11 is 3.24. The maximum absolute atomic E-state index is 12.1. The first-order chi connectivity index (χ1) is 16.8. The third-order valence-electron chi connectivity index (χ3n) is 6.13. The standard InChI is InChI=1S/C14H17NO2S.C12H15N3OS/c1-3-11-12(17)9-14(18-13(11)4-2)5-7-15(10-16)8-6-14;1-4-13-12(16)15-10-8(3)9-6-5-7(2)14-11(9)17-10/h3-4,10H,1-2,5-9H2;5-6H,4H2,1-3H3,(H2,13,15,16). The Bertz CT molecular complexity index is 1180. The second-order valence-electron chi connectivity index (χ2n) is 8.56. The molecule has 2 aliphatic heterocycles. The van der Waals surface area contributed by atoms with Gasteiger partial charge >= 0.3 is 6.03 Å². The molecule has 1 saturated heterocycles. The predicted octanol–water partition coefficient (Wildman–Crippen LogP) is 5.36. The lowest BCUT2D eigenvalue weighted by atomic mass is 9.88. The molecular formula is C26H32N4O3S2. The number of nitrogens with zero attached hydrogens (tertiary/aromatic N) is 2. The highest BCUT2D eigenvalue weighted by Crippen LogP contribution is 2.48. The van der Waals surface area contributed by atoms with Crippen LogP contribution in [0, 0.1) is 13.8 Å². The summed E-state index contributed by atoms with van der Waals surface area (Å²) in [6, 6.07) is 3.86. The largest absolute Gasteiger partial charge is 0.345 e. The van der Waals surface area contributed by atoms with E-state index >= 15 is 0 Å². The van der Waals surface area contributed by atoms with E-state index in [1.807, 2.05) is 32.9 Å². The first kappa shape index (κ1) is 26.7. The van der Waals surface area contributed by atoms with E-state index < -0.39 is 0 Å². The monoisotopic (exact) mass is 512 g/mol. The molecule has 0 atom stereocenters. The van der Waals surface area contributed by atoms with E-state index in [9.17, 15) is 14.4 Å². The summed E-state index contributed by atoms with van der Waals surface area (Å²) in [5, 5.41) is 7.53. The Balaban J connectivity index is 0.000000196. The van der Waals surface area contributed by atoms with Crippen molar-refractivity contribution in [3.63, 3.8) is 0 Å². The van der Waals surface area contributed by atoms with Crippen LogP contribution in [0.15, 0.2) is 47.9 Å². The quantitative estimate of drug-likeness (QED) is 0.526. The van der Waals surface area contributed by atoms with Crippen molar-refractivity contribution in [2.45, 2.75) is 44.8 Å². The molecule has 0 radical (unpaired) electrons. The number of ketones is 1. The fourth-order valence-electron chi connectivity index (χ4n) is 4.15. The third kappa shape index (κ3) is 6.21. The summed E-state index contributed by atoms with van der Waals surface area (Å²) in [6.07, 6.45) is 6.53. The van der Waals surface area contributed by atoms with Gasteiger partial charge in [0.15, 0.2) is 5.78 Å². The van der Waals surface area contributed by atoms with Gasteiger partial charge in [-0.25, -0.2) is 9.78 Å². The Labute approximate surface area is 214 Å². The molecular weight excluding hydrogens is 480 g/mol. The summed E-state index contributed by atoms with van der Waals surface area (Å²) in [5.74, 6) is 0.151. The number of thiophene rings is 1. The zero-order chi connectivity index (χ0) is 25.6. The number of likely N-dealkylation sites (tertiary alicyclic amines) is 1. The van der Waals surface area contributed by atoms with Gasteiger partial charge in [-0.1, -0.05) is 36.6 Å². The number of anilines is 1. The average molecular weight is 513 g/mol. The number of fused-ring (bicyclic) bond motifs is 1. The number of piperidine rings is 1. The van der Waals surface area contributed by atoms with Crippen LogP contribution in [0.25, 0.3) is 10.2 Å². The van der Waals surface area contributed by atoms with Crippen LogP contribution in [0.1, 0.15) is 37.4 Å². The number of allylic oxidation sites excluding steroid dienone is 3. The summed E-state index contributed by atoms with van der Waals surface area (Å²) < 4.78 is -0.0490. The van der Waals surface area contributed by atoms with Gasteiger partial charge in [0.1, 0.15) is 9.83 Å². The van der Waals surface area contributed by atoms with Crippen molar-refractivity contribution in [3.05, 3.63) is 59.2 Å². The number of hydrogen-bond donors (Lipinski definition) is 2. The van der Waals surface area contributed by atoms with Crippen LogP contribution in [0.5, 0.6) is 0 Å². The van der Waals surface area contributed by atoms with Gasteiger partial charge in [-0.05, 0) is 51.3 Å². The van der Waals surface area contributed by atoms with Crippen molar-refractivity contribution < 1.29 is 14.4 Å². The van der Waals surface area contributed by atoms with E-state index in [4.69, 9.17) is 0 Å². The van der Waals surface area contributed by atoms with Gasteiger partial charge in [0.05, 0.1) is 0 Å². The van der Waals surface area contributed by atoms with Gasteiger partial charge in [0, 0.05) is 52.4 Å². The second-order valence-corrected chi connectivity index (χ2v) is 11.1. The average Bonchev–Trinajstić information content (AvgIpc) is 3.13. The van der Waals surface area contributed by atoms with Crippen LogP contribution < -0.4 is 10.6 Å². The van der Waals surface area contributed by atoms with Crippen molar-refractivity contribution in [2.75, 3.05) is 25.0 Å². The van der Waals surface area contributed by atoms with Crippen molar-refractivity contribution in [1.82, 2.24) is 15.2 Å². The fraction of sp³-hybridized carbons (Fsp3) is 0.385. The molecule has 2 aromatic heterocycles. The van der Waals surface area contributed by atoms with Gasteiger partial charge in [0.25, 0.3) is 0 Å². The molecule has 7 nitrogen and oxygen atoms in total.